The number of rotatable bonds is 8. The van der Waals surface area contributed by atoms with E-state index >= 15 is 0 Å². The molecule has 3 aromatic carbocycles. The topological polar surface area (TPSA) is 60.4 Å². The molecule has 0 heterocycles. The molecule has 6 heteroatoms. The zero-order valence-electron chi connectivity index (χ0n) is 15.0. The lowest BCUT2D eigenvalue weighted by Gasteiger charge is -2.19. The summed E-state index contributed by atoms with van der Waals surface area (Å²) in [5, 5.41) is 0. The number of ketones is 1. The van der Waals surface area contributed by atoms with E-state index in [2.05, 4.69) is 22.6 Å². The Morgan fingerprint density at radius 3 is 2.07 bits per heavy atom. The van der Waals surface area contributed by atoms with Gasteiger partial charge in [0.25, 0.3) is 0 Å². The Bertz CT molecular complexity index is 1030. The van der Waals surface area contributed by atoms with Crippen LogP contribution in [0.2, 0.25) is 0 Å². The van der Waals surface area contributed by atoms with E-state index in [0.717, 1.165) is 3.57 Å². The Labute approximate surface area is 178 Å². The molecule has 0 aliphatic carbocycles. The molecule has 28 heavy (non-hydrogen) atoms. The predicted octanol–water partition coefficient (Wildman–Crippen LogP) is 4.79. The zero-order valence-corrected chi connectivity index (χ0v) is 18.0. The fourth-order valence-corrected chi connectivity index (χ4v) is 4.58. The standard InChI is InChI=1S/C22H19IO4S/c23-19-13-7-8-14-20(19)27-21(22(24)17-9-3-1-4-10-17)15-16-28(25,26)18-11-5-2-6-12-18/h1-14,21H,15-16H2/t21-/m1/s1. The Morgan fingerprint density at radius 2 is 1.43 bits per heavy atom. The van der Waals surface area contributed by atoms with E-state index in [1.165, 1.54) is 0 Å². The minimum absolute atomic E-state index is 0.0654. The molecule has 0 unspecified atom stereocenters. The van der Waals surface area contributed by atoms with Gasteiger partial charge in [0.05, 0.1) is 14.2 Å². The number of carbonyl (C=O) groups is 1. The summed E-state index contributed by atoms with van der Waals surface area (Å²) in [5.74, 6) is 0.155. The highest BCUT2D eigenvalue weighted by Gasteiger charge is 2.26. The van der Waals surface area contributed by atoms with Crippen molar-refractivity contribution < 1.29 is 17.9 Å². The summed E-state index contributed by atoms with van der Waals surface area (Å²) < 4.78 is 32.1. The zero-order chi connectivity index (χ0) is 20.0. The average Bonchev–Trinajstić information content (AvgIpc) is 2.73. The van der Waals surface area contributed by atoms with E-state index < -0.39 is 15.9 Å². The lowest BCUT2D eigenvalue weighted by Crippen LogP contribution is -2.30. The van der Waals surface area contributed by atoms with Crippen molar-refractivity contribution in [3.63, 3.8) is 0 Å². The smallest absolute Gasteiger partial charge is 0.203 e. The molecule has 0 saturated heterocycles. The maximum absolute atomic E-state index is 13.0. The molecule has 3 aromatic rings. The van der Waals surface area contributed by atoms with Gasteiger partial charge in [0.1, 0.15) is 5.75 Å². The third kappa shape index (κ3) is 5.20. The van der Waals surface area contributed by atoms with E-state index in [9.17, 15) is 13.2 Å². The van der Waals surface area contributed by atoms with Gasteiger partial charge in [-0.1, -0.05) is 60.7 Å². The van der Waals surface area contributed by atoms with Crippen molar-refractivity contribution in [2.24, 2.45) is 0 Å². The Morgan fingerprint density at radius 1 is 0.857 bits per heavy atom. The fourth-order valence-electron chi connectivity index (χ4n) is 2.73. The maximum atomic E-state index is 13.0. The summed E-state index contributed by atoms with van der Waals surface area (Å²) in [6, 6.07) is 24.4. The van der Waals surface area contributed by atoms with E-state index in [1.807, 2.05) is 24.3 Å². The lowest BCUT2D eigenvalue weighted by molar-refractivity contribution is 0.0786. The second-order valence-electron chi connectivity index (χ2n) is 6.19. The number of halogens is 1. The van der Waals surface area contributed by atoms with Gasteiger partial charge in [0.2, 0.25) is 5.78 Å². The van der Waals surface area contributed by atoms with Gasteiger partial charge in [-0.2, -0.15) is 0 Å². The SMILES string of the molecule is O=C(c1ccccc1)[C@@H](CCS(=O)(=O)c1ccccc1)Oc1ccccc1I. The molecule has 0 amide bonds. The molecule has 4 nitrogen and oxygen atoms in total. The van der Waals surface area contributed by atoms with Gasteiger partial charge >= 0.3 is 0 Å². The van der Waals surface area contributed by atoms with E-state index in [-0.39, 0.29) is 22.9 Å². The Hall–Kier alpha value is -2.19. The van der Waals surface area contributed by atoms with Gasteiger partial charge in [-0.15, -0.1) is 0 Å². The highest BCUT2D eigenvalue weighted by Crippen LogP contribution is 2.24. The minimum Gasteiger partial charge on any atom is -0.481 e. The van der Waals surface area contributed by atoms with Crippen molar-refractivity contribution in [1.82, 2.24) is 0 Å². The van der Waals surface area contributed by atoms with Crippen LogP contribution in [0.15, 0.2) is 89.8 Å². The third-order valence-corrected chi connectivity index (χ3v) is 6.86. The number of hydrogen-bond donors (Lipinski definition) is 0. The molecular formula is C22H19IO4S. The first-order valence-electron chi connectivity index (χ1n) is 8.75. The Balaban J connectivity index is 1.84. The number of para-hydroxylation sites is 1. The summed E-state index contributed by atoms with van der Waals surface area (Å²) in [6.07, 6.45) is -0.826. The van der Waals surface area contributed by atoms with Crippen molar-refractivity contribution >= 4 is 38.2 Å². The van der Waals surface area contributed by atoms with Crippen molar-refractivity contribution in [1.29, 1.82) is 0 Å². The first-order chi connectivity index (χ1) is 13.5. The van der Waals surface area contributed by atoms with Gasteiger partial charge < -0.3 is 4.74 Å². The van der Waals surface area contributed by atoms with Crippen LogP contribution in [0.5, 0.6) is 5.75 Å². The lowest BCUT2D eigenvalue weighted by atomic mass is 10.0. The van der Waals surface area contributed by atoms with Crippen LogP contribution >= 0.6 is 22.6 Å². The van der Waals surface area contributed by atoms with Gasteiger partial charge in [-0.3, -0.25) is 4.79 Å². The Kier molecular flexibility index (Phi) is 6.85. The average molecular weight is 506 g/mol. The van der Waals surface area contributed by atoms with Crippen molar-refractivity contribution in [3.8, 4) is 5.75 Å². The molecular weight excluding hydrogens is 487 g/mol. The second kappa shape index (κ2) is 9.34. The highest BCUT2D eigenvalue weighted by atomic mass is 127. The number of ether oxygens (including phenoxy) is 1. The number of hydrogen-bond acceptors (Lipinski definition) is 4. The molecule has 0 spiro atoms. The molecule has 0 fully saturated rings. The largest absolute Gasteiger partial charge is 0.481 e. The van der Waals surface area contributed by atoms with Crippen LogP contribution in [0.3, 0.4) is 0 Å². The third-order valence-electron chi connectivity index (χ3n) is 4.21. The molecule has 144 valence electrons. The summed E-state index contributed by atoms with van der Waals surface area (Å²) >= 11 is 2.13. The van der Waals surface area contributed by atoms with Crippen LogP contribution in [0.25, 0.3) is 0 Å². The van der Waals surface area contributed by atoms with Gasteiger partial charge in [0.15, 0.2) is 15.9 Å². The van der Waals surface area contributed by atoms with Crippen LogP contribution < -0.4 is 4.74 Å². The minimum atomic E-state index is -3.51. The van der Waals surface area contributed by atoms with Crippen LogP contribution in [-0.2, 0) is 9.84 Å². The number of sulfone groups is 1. The molecule has 3 rings (SSSR count). The number of carbonyl (C=O) groups excluding carboxylic acids is 1. The quantitative estimate of drug-likeness (QED) is 0.326. The van der Waals surface area contributed by atoms with Crippen LogP contribution in [-0.4, -0.2) is 26.1 Å². The summed E-state index contributed by atoms with van der Waals surface area (Å²) in [6.45, 7) is 0. The molecule has 1 atom stereocenters. The van der Waals surface area contributed by atoms with Crippen molar-refractivity contribution in [2.75, 3.05) is 5.75 Å². The van der Waals surface area contributed by atoms with E-state index in [0.29, 0.717) is 11.3 Å². The first-order valence-corrected chi connectivity index (χ1v) is 11.5. The fraction of sp³-hybridized carbons (Fsp3) is 0.136. The molecule has 0 aliphatic rings. The molecule has 0 bridgehead atoms. The number of benzene rings is 3. The van der Waals surface area contributed by atoms with Gasteiger partial charge in [-0.05, 0) is 46.9 Å². The monoisotopic (exact) mass is 506 g/mol. The van der Waals surface area contributed by atoms with Crippen molar-refractivity contribution in [2.45, 2.75) is 17.4 Å². The van der Waals surface area contributed by atoms with E-state index in [4.69, 9.17) is 4.74 Å². The summed E-state index contributed by atoms with van der Waals surface area (Å²) in [7, 11) is -3.51. The van der Waals surface area contributed by atoms with Crippen LogP contribution in [0.4, 0.5) is 0 Å². The number of Topliss-reactive ketones (excluding diaryl/α,β-unsaturated/α-hetero) is 1. The summed E-state index contributed by atoms with van der Waals surface area (Å²) in [5.41, 5.74) is 0.496. The van der Waals surface area contributed by atoms with Crippen molar-refractivity contribution in [3.05, 3.63) is 94.1 Å². The maximum Gasteiger partial charge on any atom is 0.203 e. The van der Waals surface area contributed by atoms with Gasteiger partial charge in [0, 0.05) is 12.0 Å². The molecule has 0 N–H and O–H groups in total. The predicted molar refractivity (Wildman–Crippen MR) is 117 cm³/mol. The normalized spacial score (nSPS) is 12.3. The first kappa shape index (κ1) is 20.5. The summed E-state index contributed by atoms with van der Waals surface area (Å²) in [4.78, 5) is 13.2. The van der Waals surface area contributed by atoms with Gasteiger partial charge in [-0.25, -0.2) is 8.42 Å². The second-order valence-corrected chi connectivity index (χ2v) is 9.46. The molecule has 0 aromatic heterocycles. The van der Waals surface area contributed by atoms with Crippen LogP contribution in [0.1, 0.15) is 16.8 Å². The molecule has 0 aliphatic heterocycles. The molecule has 0 saturated carbocycles. The van der Waals surface area contributed by atoms with E-state index in [1.54, 1.807) is 60.7 Å². The molecule has 0 radical (unpaired) electrons. The highest BCUT2D eigenvalue weighted by molar-refractivity contribution is 14.1. The van der Waals surface area contributed by atoms with Crippen LogP contribution in [0, 0.1) is 3.57 Å².